The van der Waals surface area contributed by atoms with Gasteiger partial charge in [0.1, 0.15) is 0 Å². The van der Waals surface area contributed by atoms with Gasteiger partial charge in [0.25, 0.3) is 0 Å². The van der Waals surface area contributed by atoms with Crippen molar-refractivity contribution in [3.8, 4) is 0 Å². The Labute approximate surface area is 147 Å². The van der Waals surface area contributed by atoms with Crippen LogP contribution in [0.3, 0.4) is 0 Å². The summed E-state index contributed by atoms with van der Waals surface area (Å²) < 4.78 is 0. The van der Waals surface area contributed by atoms with E-state index in [0.717, 1.165) is 45.0 Å². The SMILES string of the molecule is O=C(O)CCC(=O)NC[C@H]1CC[C@H]2CN(c3ncccn3)CCN2C1. The minimum absolute atomic E-state index is 0.0560. The van der Waals surface area contributed by atoms with Gasteiger partial charge in [0, 0.05) is 57.6 Å². The molecular weight excluding hydrogens is 322 g/mol. The number of nitrogens with zero attached hydrogens (tertiary/aromatic N) is 4. The van der Waals surface area contributed by atoms with Crippen LogP contribution in [0.2, 0.25) is 0 Å². The smallest absolute Gasteiger partial charge is 0.303 e. The zero-order valence-corrected chi connectivity index (χ0v) is 14.3. The molecule has 2 atom stereocenters. The first-order valence-corrected chi connectivity index (χ1v) is 8.86. The summed E-state index contributed by atoms with van der Waals surface area (Å²) in [5.74, 6) is 0.131. The number of piperidine rings is 1. The Morgan fingerprint density at radius 3 is 2.72 bits per heavy atom. The number of rotatable bonds is 6. The van der Waals surface area contributed by atoms with Crippen LogP contribution in [0.5, 0.6) is 0 Å². The number of fused-ring (bicyclic) bond motifs is 1. The molecule has 2 saturated heterocycles. The number of amides is 1. The third-order valence-electron chi connectivity index (χ3n) is 4.99. The van der Waals surface area contributed by atoms with Crippen LogP contribution < -0.4 is 10.2 Å². The average molecular weight is 347 g/mol. The summed E-state index contributed by atoms with van der Waals surface area (Å²) in [6, 6.07) is 2.34. The third-order valence-corrected chi connectivity index (χ3v) is 4.99. The van der Waals surface area contributed by atoms with E-state index in [1.807, 2.05) is 6.07 Å². The summed E-state index contributed by atoms with van der Waals surface area (Å²) in [4.78, 5) is 35.6. The monoisotopic (exact) mass is 347 g/mol. The van der Waals surface area contributed by atoms with Crippen molar-refractivity contribution >= 4 is 17.8 Å². The Kier molecular flexibility index (Phi) is 5.80. The highest BCUT2D eigenvalue weighted by molar-refractivity contribution is 5.80. The van der Waals surface area contributed by atoms with E-state index in [-0.39, 0.29) is 18.7 Å². The molecule has 2 N–H and O–H groups in total. The van der Waals surface area contributed by atoms with Gasteiger partial charge in [0.2, 0.25) is 11.9 Å². The zero-order chi connectivity index (χ0) is 17.6. The molecule has 0 aromatic carbocycles. The van der Waals surface area contributed by atoms with Crippen molar-refractivity contribution in [3.63, 3.8) is 0 Å². The number of carboxylic acids is 1. The maximum absolute atomic E-state index is 11.7. The highest BCUT2D eigenvalue weighted by Gasteiger charge is 2.33. The van der Waals surface area contributed by atoms with E-state index in [4.69, 9.17) is 5.11 Å². The fraction of sp³-hybridized carbons (Fsp3) is 0.647. The van der Waals surface area contributed by atoms with Crippen molar-refractivity contribution in [2.75, 3.05) is 37.6 Å². The lowest BCUT2D eigenvalue weighted by molar-refractivity contribution is -0.138. The molecule has 0 radical (unpaired) electrons. The molecule has 2 aliphatic heterocycles. The number of nitrogens with one attached hydrogen (secondary N) is 1. The predicted molar refractivity (Wildman–Crippen MR) is 92.2 cm³/mol. The van der Waals surface area contributed by atoms with Crippen molar-refractivity contribution in [2.45, 2.75) is 31.7 Å². The standard InChI is InChI=1S/C17H25N5O3/c23-15(4-5-16(24)25)20-10-13-2-3-14-12-22(9-8-21(14)11-13)17-18-6-1-7-19-17/h1,6-7,13-14H,2-5,8-12H2,(H,20,23)(H,24,25)/t13-,14+/m1/s1. The van der Waals surface area contributed by atoms with Crippen molar-refractivity contribution in [1.82, 2.24) is 20.2 Å². The molecule has 0 saturated carbocycles. The van der Waals surface area contributed by atoms with Crippen molar-refractivity contribution in [2.24, 2.45) is 5.92 Å². The van der Waals surface area contributed by atoms with E-state index in [1.165, 1.54) is 0 Å². The lowest BCUT2D eigenvalue weighted by atomic mass is 9.91. The number of piperazine rings is 1. The molecule has 3 rings (SSSR count). The molecule has 0 unspecified atom stereocenters. The van der Waals surface area contributed by atoms with Crippen molar-refractivity contribution in [1.29, 1.82) is 0 Å². The molecule has 3 heterocycles. The van der Waals surface area contributed by atoms with Crippen LogP contribution in [0.15, 0.2) is 18.5 Å². The number of aromatic nitrogens is 2. The number of hydrogen-bond acceptors (Lipinski definition) is 6. The van der Waals surface area contributed by atoms with Crippen LogP contribution >= 0.6 is 0 Å². The number of aliphatic carboxylic acids is 1. The second kappa shape index (κ2) is 8.24. The van der Waals surface area contributed by atoms with E-state index in [9.17, 15) is 9.59 Å². The molecule has 1 aromatic rings. The zero-order valence-electron chi connectivity index (χ0n) is 14.3. The molecule has 2 fully saturated rings. The first-order valence-electron chi connectivity index (χ1n) is 8.86. The van der Waals surface area contributed by atoms with Crippen molar-refractivity contribution < 1.29 is 14.7 Å². The maximum Gasteiger partial charge on any atom is 0.303 e. The van der Waals surface area contributed by atoms with Gasteiger partial charge in [-0.3, -0.25) is 14.5 Å². The Balaban J connectivity index is 1.43. The first kappa shape index (κ1) is 17.6. The minimum Gasteiger partial charge on any atom is -0.481 e. The normalized spacial score (nSPS) is 23.8. The van der Waals surface area contributed by atoms with Crippen LogP contribution in [0, 0.1) is 5.92 Å². The van der Waals surface area contributed by atoms with E-state index in [2.05, 4.69) is 25.1 Å². The molecule has 0 aliphatic carbocycles. The van der Waals surface area contributed by atoms with Gasteiger partial charge < -0.3 is 15.3 Å². The van der Waals surface area contributed by atoms with Crippen LogP contribution in [0.1, 0.15) is 25.7 Å². The van der Waals surface area contributed by atoms with Gasteiger partial charge in [-0.15, -0.1) is 0 Å². The number of carbonyl (C=O) groups is 2. The fourth-order valence-corrected chi connectivity index (χ4v) is 3.63. The molecule has 8 heteroatoms. The van der Waals surface area contributed by atoms with Gasteiger partial charge in [-0.2, -0.15) is 0 Å². The quantitative estimate of drug-likeness (QED) is 0.766. The van der Waals surface area contributed by atoms with Crippen molar-refractivity contribution in [3.05, 3.63) is 18.5 Å². The molecule has 0 bridgehead atoms. The maximum atomic E-state index is 11.7. The Morgan fingerprint density at radius 1 is 1.16 bits per heavy atom. The topological polar surface area (TPSA) is 98.7 Å². The van der Waals surface area contributed by atoms with E-state index in [0.29, 0.717) is 18.5 Å². The van der Waals surface area contributed by atoms with Gasteiger partial charge in [-0.05, 0) is 24.8 Å². The van der Waals surface area contributed by atoms with Gasteiger partial charge in [-0.1, -0.05) is 0 Å². The predicted octanol–water partition coefficient (Wildman–Crippen LogP) is 0.358. The second-order valence-corrected chi connectivity index (χ2v) is 6.78. The highest BCUT2D eigenvalue weighted by atomic mass is 16.4. The second-order valence-electron chi connectivity index (χ2n) is 6.78. The highest BCUT2D eigenvalue weighted by Crippen LogP contribution is 2.26. The van der Waals surface area contributed by atoms with E-state index < -0.39 is 5.97 Å². The minimum atomic E-state index is -0.934. The molecule has 0 spiro atoms. The molecule has 8 nitrogen and oxygen atoms in total. The summed E-state index contributed by atoms with van der Waals surface area (Å²) >= 11 is 0. The summed E-state index contributed by atoms with van der Waals surface area (Å²) in [6.45, 7) is 4.45. The lowest BCUT2D eigenvalue weighted by Gasteiger charge is -2.46. The summed E-state index contributed by atoms with van der Waals surface area (Å²) in [6.07, 6.45) is 5.67. The molecule has 136 valence electrons. The molecule has 2 aliphatic rings. The van der Waals surface area contributed by atoms with Crippen LogP contribution in [-0.4, -0.2) is 70.6 Å². The van der Waals surface area contributed by atoms with Crippen LogP contribution in [-0.2, 0) is 9.59 Å². The van der Waals surface area contributed by atoms with Gasteiger partial charge >= 0.3 is 5.97 Å². The average Bonchev–Trinajstić information content (AvgIpc) is 2.64. The van der Waals surface area contributed by atoms with E-state index >= 15 is 0 Å². The van der Waals surface area contributed by atoms with Gasteiger partial charge in [0.05, 0.1) is 6.42 Å². The Bertz CT molecular complexity index is 597. The Hall–Kier alpha value is -2.22. The first-order chi connectivity index (χ1) is 12.1. The number of carboxylic acid groups (broad SMARTS) is 1. The largest absolute Gasteiger partial charge is 0.481 e. The number of hydrogen-bond donors (Lipinski definition) is 2. The molecular formula is C17H25N5O3. The van der Waals surface area contributed by atoms with E-state index in [1.54, 1.807) is 12.4 Å². The lowest BCUT2D eigenvalue weighted by Crippen LogP contribution is -2.57. The summed E-state index contributed by atoms with van der Waals surface area (Å²) in [5, 5.41) is 11.5. The molecule has 1 aromatic heterocycles. The molecule has 25 heavy (non-hydrogen) atoms. The number of anilines is 1. The summed E-state index contributed by atoms with van der Waals surface area (Å²) in [5.41, 5.74) is 0. The van der Waals surface area contributed by atoms with Crippen LogP contribution in [0.25, 0.3) is 0 Å². The van der Waals surface area contributed by atoms with Gasteiger partial charge in [-0.25, -0.2) is 9.97 Å². The number of carbonyl (C=O) groups excluding carboxylic acids is 1. The third kappa shape index (κ3) is 4.88. The summed E-state index contributed by atoms with van der Waals surface area (Å²) in [7, 11) is 0. The Morgan fingerprint density at radius 2 is 1.96 bits per heavy atom. The fourth-order valence-electron chi connectivity index (χ4n) is 3.63. The van der Waals surface area contributed by atoms with Gasteiger partial charge in [0.15, 0.2) is 0 Å². The van der Waals surface area contributed by atoms with Crippen LogP contribution in [0.4, 0.5) is 5.95 Å². The molecule has 1 amide bonds.